The molecule has 1 amide bonds. The molecule has 0 spiro atoms. The van der Waals surface area contributed by atoms with Gasteiger partial charge >= 0.3 is 0 Å². The summed E-state index contributed by atoms with van der Waals surface area (Å²) in [7, 11) is 0. The highest BCUT2D eigenvalue weighted by atomic mass is 35.5. The van der Waals surface area contributed by atoms with E-state index < -0.39 is 0 Å². The first-order valence-corrected chi connectivity index (χ1v) is 5.55. The molecular weight excluding hydrogens is 186 g/mol. The number of halogens is 1. The number of alkyl halides is 1. The van der Waals surface area contributed by atoms with Gasteiger partial charge in [-0.25, -0.2) is 0 Å². The number of carbonyl (C=O) groups is 1. The van der Waals surface area contributed by atoms with E-state index in [2.05, 4.69) is 12.2 Å². The highest BCUT2D eigenvalue weighted by molar-refractivity contribution is 6.19. The molecule has 0 bridgehead atoms. The molecule has 0 aromatic heterocycles. The van der Waals surface area contributed by atoms with Gasteiger partial charge in [-0.1, -0.05) is 13.3 Å². The van der Waals surface area contributed by atoms with Crippen LogP contribution in [0.3, 0.4) is 0 Å². The molecule has 0 saturated heterocycles. The van der Waals surface area contributed by atoms with Gasteiger partial charge in [0.25, 0.3) is 0 Å². The second kappa shape index (κ2) is 4.85. The van der Waals surface area contributed by atoms with E-state index in [0.717, 1.165) is 0 Å². The fourth-order valence-corrected chi connectivity index (χ4v) is 1.63. The Kier molecular flexibility index (Phi) is 4.04. The van der Waals surface area contributed by atoms with Crippen LogP contribution in [0.15, 0.2) is 0 Å². The summed E-state index contributed by atoms with van der Waals surface area (Å²) in [5.41, 5.74) is 0. The maximum absolute atomic E-state index is 11.4. The summed E-state index contributed by atoms with van der Waals surface area (Å²) in [4.78, 5) is 11.4. The van der Waals surface area contributed by atoms with Crippen LogP contribution in [-0.4, -0.2) is 17.8 Å². The summed E-state index contributed by atoms with van der Waals surface area (Å²) in [6.45, 7) is 3.94. The Hall–Kier alpha value is -0.240. The molecule has 0 radical (unpaired) electrons. The standard InChI is InChI=1S/C10H18ClNO/c1-7(6-11)10(13)12-8(2)9-4-3-5-9/h7-9H,3-6H2,1-2H3,(H,12,13). The van der Waals surface area contributed by atoms with E-state index >= 15 is 0 Å². The van der Waals surface area contributed by atoms with Gasteiger partial charge in [-0.2, -0.15) is 0 Å². The van der Waals surface area contributed by atoms with Gasteiger partial charge in [0.15, 0.2) is 0 Å². The van der Waals surface area contributed by atoms with E-state index in [9.17, 15) is 4.79 Å². The van der Waals surface area contributed by atoms with Gasteiger partial charge in [0.1, 0.15) is 0 Å². The van der Waals surface area contributed by atoms with Gasteiger partial charge in [-0.15, -0.1) is 11.6 Å². The molecule has 0 aromatic carbocycles. The van der Waals surface area contributed by atoms with Crippen LogP contribution in [0.2, 0.25) is 0 Å². The van der Waals surface area contributed by atoms with Crippen molar-refractivity contribution in [2.24, 2.45) is 11.8 Å². The van der Waals surface area contributed by atoms with Crippen LogP contribution in [0.4, 0.5) is 0 Å². The van der Waals surface area contributed by atoms with Crippen molar-refractivity contribution in [3.8, 4) is 0 Å². The number of nitrogens with one attached hydrogen (secondary N) is 1. The summed E-state index contributed by atoms with van der Waals surface area (Å²) in [6.07, 6.45) is 3.84. The average molecular weight is 204 g/mol. The van der Waals surface area contributed by atoms with E-state index in [1.807, 2.05) is 6.92 Å². The van der Waals surface area contributed by atoms with Crippen molar-refractivity contribution in [2.75, 3.05) is 5.88 Å². The van der Waals surface area contributed by atoms with Gasteiger partial charge in [-0.3, -0.25) is 4.79 Å². The molecule has 2 atom stereocenters. The lowest BCUT2D eigenvalue weighted by atomic mass is 9.80. The lowest BCUT2D eigenvalue weighted by molar-refractivity contribution is -0.125. The Morgan fingerprint density at radius 2 is 2.15 bits per heavy atom. The molecule has 0 aromatic rings. The molecule has 2 unspecified atom stereocenters. The molecule has 3 heteroatoms. The normalized spacial score (nSPS) is 21.8. The predicted molar refractivity (Wildman–Crippen MR) is 54.8 cm³/mol. The van der Waals surface area contributed by atoms with E-state index in [1.54, 1.807) is 0 Å². The fourth-order valence-electron chi connectivity index (χ4n) is 1.49. The van der Waals surface area contributed by atoms with Crippen molar-refractivity contribution in [1.82, 2.24) is 5.32 Å². The topological polar surface area (TPSA) is 29.1 Å². The Morgan fingerprint density at radius 3 is 2.54 bits per heavy atom. The summed E-state index contributed by atoms with van der Waals surface area (Å²) in [5, 5.41) is 3.01. The van der Waals surface area contributed by atoms with Crippen molar-refractivity contribution in [3.05, 3.63) is 0 Å². The number of hydrogen-bond acceptors (Lipinski definition) is 1. The summed E-state index contributed by atoms with van der Waals surface area (Å²) in [6, 6.07) is 0.326. The zero-order chi connectivity index (χ0) is 9.84. The smallest absolute Gasteiger partial charge is 0.224 e. The highest BCUT2D eigenvalue weighted by Gasteiger charge is 2.25. The second-order valence-corrected chi connectivity index (χ2v) is 4.35. The largest absolute Gasteiger partial charge is 0.353 e. The molecule has 0 aliphatic heterocycles. The van der Waals surface area contributed by atoms with E-state index in [1.165, 1.54) is 19.3 Å². The lowest BCUT2D eigenvalue weighted by Gasteiger charge is -2.32. The SMILES string of the molecule is CC(CCl)C(=O)NC(C)C1CCC1. The van der Waals surface area contributed by atoms with E-state index in [4.69, 9.17) is 11.6 Å². The first-order chi connectivity index (χ1) is 6.15. The first-order valence-electron chi connectivity index (χ1n) is 5.01. The minimum absolute atomic E-state index is 0.0656. The quantitative estimate of drug-likeness (QED) is 0.698. The molecular formula is C10H18ClNO. The van der Waals surface area contributed by atoms with Crippen molar-refractivity contribution in [1.29, 1.82) is 0 Å². The number of amides is 1. The summed E-state index contributed by atoms with van der Waals surface area (Å²) < 4.78 is 0. The number of rotatable bonds is 4. The lowest BCUT2D eigenvalue weighted by Crippen LogP contribution is -2.43. The van der Waals surface area contributed by atoms with Crippen LogP contribution < -0.4 is 5.32 Å². The monoisotopic (exact) mass is 203 g/mol. The molecule has 0 heterocycles. The zero-order valence-electron chi connectivity index (χ0n) is 8.35. The Morgan fingerprint density at radius 1 is 1.54 bits per heavy atom. The zero-order valence-corrected chi connectivity index (χ0v) is 9.10. The minimum Gasteiger partial charge on any atom is -0.353 e. The van der Waals surface area contributed by atoms with Crippen LogP contribution in [-0.2, 0) is 4.79 Å². The molecule has 13 heavy (non-hydrogen) atoms. The van der Waals surface area contributed by atoms with Crippen LogP contribution in [0.25, 0.3) is 0 Å². The van der Waals surface area contributed by atoms with Gasteiger partial charge in [0.2, 0.25) is 5.91 Å². The average Bonchev–Trinajstić information content (AvgIpc) is 1.99. The summed E-state index contributed by atoms with van der Waals surface area (Å²) >= 11 is 5.60. The van der Waals surface area contributed by atoms with Crippen molar-refractivity contribution in [2.45, 2.75) is 39.2 Å². The second-order valence-electron chi connectivity index (χ2n) is 4.04. The number of carbonyl (C=O) groups excluding carboxylic acids is 1. The third-order valence-corrected chi connectivity index (χ3v) is 3.37. The Labute approximate surface area is 85.0 Å². The number of hydrogen-bond donors (Lipinski definition) is 1. The maximum Gasteiger partial charge on any atom is 0.224 e. The van der Waals surface area contributed by atoms with Gasteiger partial charge in [-0.05, 0) is 25.7 Å². The molecule has 1 fully saturated rings. The van der Waals surface area contributed by atoms with Crippen molar-refractivity contribution < 1.29 is 4.79 Å². The highest BCUT2D eigenvalue weighted by Crippen LogP contribution is 2.29. The van der Waals surface area contributed by atoms with E-state index in [0.29, 0.717) is 17.8 Å². The Bertz CT molecular complexity index is 180. The predicted octanol–water partition coefficient (Wildman–Crippen LogP) is 2.17. The van der Waals surface area contributed by atoms with Crippen molar-refractivity contribution in [3.63, 3.8) is 0 Å². The molecule has 1 N–H and O–H groups in total. The molecule has 1 saturated carbocycles. The third-order valence-electron chi connectivity index (χ3n) is 2.91. The third kappa shape index (κ3) is 2.87. The van der Waals surface area contributed by atoms with Crippen molar-refractivity contribution >= 4 is 17.5 Å². The molecule has 2 nitrogen and oxygen atoms in total. The minimum atomic E-state index is -0.0656. The fraction of sp³-hybridized carbons (Fsp3) is 0.900. The molecule has 1 aliphatic carbocycles. The van der Waals surface area contributed by atoms with Crippen LogP contribution >= 0.6 is 11.6 Å². The van der Waals surface area contributed by atoms with Crippen LogP contribution in [0.5, 0.6) is 0 Å². The molecule has 1 aliphatic rings. The van der Waals surface area contributed by atoms with Gasteiger partial charge < -0.3 is 5.32 Å². The molecule has 1 rings (SSSR count). The van der Waals surface area contributed by atoms with Gasteiger partial charge in [0.05, 0.1) is 0 Å². The maximum atomic E-state index is 11.4. The first kappa shape index (κ1) is 10.8. The van der Waals surface area contributed by atoms with Gasteiger partial charge in [0, 0.05) is 17.8 Å². The Balaban J connectivity index is 2.26. The summed E-state index contributed by atoms with van der Waals surface area (Å²) in [5.74, 6) is 1.13. The van der Waals surface area contributed by atoms with Crippen LogP contribution in [0, 0.1) is 11.8 Å². The van der Waals surface area contributed by atoms with Crippen LogP contribution in [0.1, 0.15) is 33.1 Å². The van der Waals surface area contributed by atoms with E-state index in [-0.39, 0.29) is 11.8 Å². The molecule has 76 valence electrons.